The third kappa shape index (κ3) is 6.01. The zero-order valence-electron chi connectivity index (χ0n) is 18.3. The molecule has 164 valence electrons. The molecule has 3 aromatic rings. The van der Waals surface area contributed by atoms with E-state index in [1.807, 2.05) is 31.2 Å². The van der Waals surface area contributed by atoms with Gasteiger partial charge in [0.05, 0.1) is 18.9 Å². The van der Waals surface area contributed by atoms with Crippen LogP contribution in [0, 0.1) is 5.92 Å². The van der Waals surface area contributed by atoms with Gasteiger partial charge in [-0.2, -0.15) is 0 Å². The highest BCUT2D eigenvalue weighted by Gasteiger charge is 2.15. The number of ether oxygens (including phenoxy) is 1. The molecule has 7 nitrogen and oxygen atoms in total. The fourth-order valence-corrected chi connectivity index (χ4v) is 3.89. The van der Waals surface area contributed by atoms with Crippen LogP contribution in [0.25, 0.3) is 11.4 Å². The van der Waals surface area contributed by atoms with Crippen molar-refractivity contribution in [3.63, 3.8) is 0 Å². The Hall–Kier alpha value is -3.00. The monoisotopic (exact) mass is 439 g/mol. The number of carbonyl (C=O) groups is 1. The molecule has 0 aliphatic rings. The van der Waals surface area contributed by atoms with Gasteiger partial charge in [-0.05, 0) is 54.7 Å². The molecule has 31 heavy (non-hydrogen) atoms. The summed E-state index contributed by atoms with van der Waals surface area (Å²) in [6.45, 7) is 6.39. The standard InChI is InChI=1S/C23H29N5O2S/c1-15(2)13-17-5-7-18(8-6-17)16(3)25-21(29)14-31-23-27-26-22(28(23)24)19-9-11-20(30-4)12-10-19/h5-12,15-16H,13-14,24H2,1-4H3,(H,25,29). The molecule has 8 heteroatoms. The van der Waals surface area contributed by atoms with Crippen molar-refractivity contribution in [2.45, 2.75) is 38.4 Å². The normalized spacial score (nSPS) is 12.0. The summed E-state index contributed by atoms with van der Waals surface area (Å²) < 4.78 is 6.57. The van der Waals surface area contributed by atoms with E-state index in [0.717, 1.165) is 23.3 Å². The number of carbonyl (C=O) groups excluding carboxylic acids is 1. The van der Waals surface area contributed by atoms with E-state index in [4.69, 9.17) is 10.6 Å². The van der Waals surface area contributed by atoms with Crippen LogP contribution in [0.1, 0.15) is 37.9 Å². The molecule has 0 fully saturated rings. The molecule has 0 spiro atoms. The third-order valence-corrected chi connectivity index (χ3v) is 5.79. The fraction of sp³-hybridized carbons (Fsp3) is 0.348. The largest absolute Gasteiger partial charge is 0.497 e. The predicted molar refractivity (Wildman–Crippen MR) is 124 cm³/mol. The van der Waals surface area contributed by atoms with Crippen molar-refractivity contribution in [1.29, 1.82) is 0 Å². The summed E-state index contributed by atoms with van der Waals surface area (Å²) in [5.41, 5.74) is 3.21. The maximum Gasteiger partial charge on any atom is 0.230 e. The number of thioether (sulfide) groups is 1. The molecule has 3 rings (SSSR count). The molecule has 0 bridgehead atoms. The lowest BCUT2D eigenvalue weighted by Crippen LogP contribution is -2.28. The summed E-state index contributed by atoms with van der Waals surface area (Å²) in [5.74, 6) is 8.16. The number of nitrogens with zero attached hydrogens (tertiary/aromatic N) is 3. The molecular weight excluding hydrogens is 410 g/mol. The topological polar surface area (TPSA) is 95.1 Å². The van der Waals surface area contributed by atoms with Gasteiger partial charge >= 0.3 is 0 Å². The highest BCUT2D eigenvalue weighted by atomic mass is 32.2. The number of benzene rings is 2. The van der Waals surface area contributed by atoms with Gasteiger partial charge < -0.3 is 15.9 Å². The second-order valence-electron chi connectivity index (χ2n) is 7.82. The number of nitrogen functional groups attached to an aromatic ring is 1. The molecule has 0 aliphatic carbocycles. The van der Waals surface area contributed by atoms with Crippen molar-refractivity contribution in [3.05, 3.63) is 59.7 Å². The van der Waals surface area contributed by atoms with E-state index < -0.39 is 0 Å². The number of nitrogens with two attached hydrogens (primary N) is 1. The van der Waals surface area contributed by atoms with Crippen LogP contribution in [0.4, 0.5) is 0 Å². The van der Waals surface area contributed by atoms with Crippen LogP contribution in [0.3, 0.4) is 0 Å². The van der Waals surface area contributed by atoms with Crippen molar-refractivity contribution in [2.24, 2.45) is 5.92 Å². The SMILES string of the molecule is COc1ccc(-c2nnc(SCC(=O)NC(C)c3ccc(CC(C)C)cc3)n2N)cc1. The summed E-state index contributed by atoms with van der Waals surface area (Å²) in [4.78, 5) is 12.4. The molecule has 3 N–H and O–H groups in total. The van der Waals surface area contributed by atoms with Gasteiger partial charge in [-0.1, -0.05) is 49.9 Å². The lowest BCUT2D eigenvalue weighted by Gasteiger charge is -2.15. The van der Waals surface area contributed by atoms with Gasteiger partial charge in [-0.25, -0.2) is 4.68 Å². The molecule has 0 saturated carbocycles. The molecule has 0 saturated heterocycles. The Balaban J connectivity index is 1.55. The summed E-state index contributed by atoms with van der Waals surface area (Å²) >= 11 is 1.25. The first-order valence-electron chi connectivity index (χ1n) is 10.2. The number of rotatable bonds is 9. The highest BCUT2D eigenvalue weighted by molar-refractivity contribution is 7.99. The van der Waals surface area contributed by atoms with Crippen LogP contribution < -0.4 is 15.9 Å². The van der Waals surface area contributed by atoms with Gasteiger partial charge in [-0.3, -0.25) is 4.79 Å². The van der Waals surface area contributed by atoms with Crippen LogP contribution in [-0.4, -0.2) is 33.6 Å². The smallest absolute Gasteiger partial charge is 0.230 e. The van der Waals surface area contributed by atoms with Crippen molar-refractivity contribution >= 4 is 17.7 Å². The van der Waals surface area contributed by atoms with Crippen LogP contribution >= 0.6 is 11.8 Å². The number of hydrogen-bond donors (Lipinski definition) is 2. The molecule has 1 aromatic heterocycles. The molecule has 2 aromatic carbocycles. The third-order valence-electron chi connectivity index (χ3n) is 4.85. The zero-order chi connectivity index (χ0) is 22.4. The minimum absolute atomic E-state index is 0.0770. The van der Waals surface area contributed by atoms with Crippen LogP contribution in [0.2, 0.25) is 0 Å². The first-order valence-corrected chi connectivity index (χ1v) is 11.2. The first-order chi connectivity index (χ1) is 14.9. The van der Waals surface area contributed by atoms with E-state index in [-0.39, 0.29) is 17.7 Å². The Labute approximate surface area is 187 Å². The van der Waals surface area contributed by atoms with Gasteiger partial charge in [-0.15, -0.1) is 10.2 Å². The van der Waals surface area contributed by atoms with E-state index in [1.165, 1.54) is 22.0 Å². The second kappa shape index (κ2) is 10.3. The molecule has 0 radical (unpaired) electrons. The van der Waals surface area contributed by atoms with E-state index in [9.17, 15) is 4.79 Å². The minimum atomic E-state index is -0.0854. The summed E-state index contributed by atoms with van der Waals surface area (Å²) in [6.07, 6.45) is 1.05. The van der Waals surface area contributed by atoms with E-state index in [0.29, 0.717) is 16.9 Å². The predicted octanol–water partition coefficient (Wildman–Crippen LogP) is 3.84. The van der Waals surface area contributed by atoms with E-state index >= 15 is 0 Å². The minimum Gasteiger partial charge on any atom is -0.497 e. The Kier molecular flexibility index (Phi) is 7.57. The lowest BCUT2D eigenvalue weighted by molar-refractivity contribution is -0.119. The van der Waals surface area contributed by atoms with E-state index in [2.05, 4.69) is 53.6 Å². The Bertz CT molecular complexity index is 1000. The summed E-state index contributed by atoms with van der Waals surface area (Å²) in [5, 5.41) is 11.8. The Morgan fingerprint density at radius 1 is 1.10 bits per heavy atom. The Morgan fingerprint density at radius 3 is 2.39 bits per heavy atom. The van der Waals surface area contributed by atoms with Crippen LogP contribution in [0.5, 0.6) is 5.75 Å². The molecule has 1 heterocycles. The molecule has 0 aliphatic heterocycles. The average Bonchev–Trinajstić information content (AvgIpc) is 3.12. The summed E-state index contributed by atoms with van der Waals surface area (Å²) in [6, 6.07) is 15.7. The van der Waals surface area contributed by atoms with Crippen LogP contribution in [-0.2, 0) is 11.2 Å². The average molecular weight is 440 g/mol. The number of hydrogen-bond acceptors (Lipinski definition) is 6. The first kappa shape index (κ1) is 22.7. The van der Waals surface area contributed by atoms with Gasteiger partial charge in [0.15, 0.2) is 5.82 Å². The number of amides is 1. The molecule has 1 unspecified atom stereocenters. The lowest BCUT2D eigenvalue weighted by atomic mass is 10.00. The summed E-state index contributed by atoms with van der Waals surface area (Å²) in [7, 11) is 1.61. The Morgan fingerprint density at radius 2 is 1.77 bits per heavy atom. The van der Waals surface area contributed by atoms with Crippen molar-refractivity contribution in [3.8, 4) is 17.1 Å². The number of nitrogens with one attached hydrogen (secondary N) is 1. The van der Waals surface area contributed by atoms with Crippen LogP contribution in [0.15, 0.2) is 53.7 Å². The molecule has 1 atom stereocenters. The fourth-order valence-electron chi connectivity index (χ4n) is 3.22. The molecular formula is C23H29N5O2S. The second-order valence-corrected chi connectivity index (χ2v) is 8.76. The maximum absolute atomic E-state index is 12.4. The van der Waals surface area contributed by atoms with Gasteiger partial charge in [0.1, 0.15) is 5.75 Å². The zero-order valence-corrected chi connectivity index (χ0v) is 19.1. The quantitative estimate of drug-likeness (QED) is 0.389. The molecule has 1 amide bonds. The maximum atomic E-state index is 12.4. The van der Waals surface area contributed by atoms with Gasteiger partial charge in [0.2, 0.25) is 11.1 Å². The van der Waals surface area contributed by atoms with Gasteiger partial charge in [0.25, 0.3) is 0 Å². The van der Waals surface area contributed by atoms with Gasteiger partial charge in [0, 0.05) is 5.56 Å². The van der Waals surface area contributed by atoms with Crippen molar-refractivity contribution in [1.82, 2.24) is 20.2 Å². The highest BCUT2D eigenvalue weighted by Crippen LogP contribution is 2.24. The number of aromatic nitrogens is 3. The number of methoxy groups -OCH3 is 1. The van der Waals surface area contributed by atoms with Crippen molar-refractivity contribution in [2.75, 3.05) is 18.7 Å². The van der Waals surface area contributed by atoms with Crippen molar-refractivity contribution < 1.29 is 9.53 Å². The van der Waals surface area contributed by atoms with E-state index in [1.54, 1.807) is 7.11 Å².